The molecular formula is C23H29FN2O5S. The monoisotopic (exact) mass is 464 g/mol. The fourth-order valence-corrected chi connectivity index (χ4v) is 4.34. The molecule has 0 radical (unpaired) electrons. The predicted molar refractivity (Wildman–Crippen MR) is 120 cm³/mol. The summed E-state index contributed by atoms with van der Waals surface area (Å²) in [6.45, 7) is 8.07. The largest absolute Gasteiger partial charge is 0.485 e. The number of para-hydroxylation sites is 1. The molecule has 3 rings (SSSR count). The molecule has 7 nitrogen and oxygen atoms in total. The molecule has 0 bridgehead atoms. The third-order valence-electron chi connectivity index (χ3n) is 4.92. The molecule has 1 heterocycles. The molecular weight excluding hydrogens is 435 g/mol. The van der Waals surface area contributed by atoms with Crippen LogP contribution in [-0.2, 0) is 14.8 Å². The lowest BCUT2D eigenvalue weighted by molar-refractivity contribution is 0.0124. The van der Waals surface area contributed by atoms with E-state index in [1.807, 2.05) is 6.92 Å². The van der Waals surface area contributed by atoms with Crippen LogP contribution < -0.4 is 9.46 Å². The Kier molecular flexibility index (Phi) is 6.97. The molecule has 1 fully saturated rings. The maximum atomic E-state index is 14.6. The molecule has 0 saturated carbocycles. The van der Waals surface area contributed by atoms with Gasteiger partial charge in [-0.05, 0) is 52.0 Å². The molecule has 0 aliphatic carbocycles. The van der Waals surface area contributed by atoms with Crippen molar-refractivity contribution in [2.24, 2.45) is 0 Å². The number of nitrogens with one attached hydrogen (secondary N) is 1. The number of sulfonamides is 1. The van der Waals surface area contributed by atoms with Crippen LogP contribution in [0.4, 0.5) is 14.9 Å². The van der Waals surface area contributed by atoms with Crippen LogP contribution in [0.1, 0.15) is 39.2 Å². The molecule has 1 N–H and O–H groups in total. The molecule has 1 aliphatic heterocycles. The molecule has 174 valence electrons. The highest BCUT2D eigenvalue weighted by molar-refractivity contribution is 7.92. The van der Waals surface area contributed by atoms with E-state index in [0.717, 1.165) is 5.56 Å². The molecule has 0 spiro atoms. The molecule has 0 unspecified atom stereocenters. The van der Waals surface area contributed by atoms with E-state index in [9.17, 15) is 17.6 Å². The van der Waals surface area contributed by atoms with Crippen LogP contribution in [0.5, 0.6) is 5.75 Å². The normalized spacial score (nSPS) is 15.3. The van der Waals surface area contributed by atoms with Crippen LogP contribution in [-0.4, -0.2) is 44.2 Å². The number of aryl methyl sites for hydroxylation is 1. The summed E-state index contributed by atoms with van der Waals surface area (Å²) in [5.41, 5.74) is 0.373. The Morgan fingerprint density at radius 1 is 1.09 bits per heavy atom. The lowest BCUT2D eigenvalue weighted by atomic mass is 10.1. The highest BCUT2D eigenvalue weighted by Crippen LogP contribution is 2.32. The van der Waals surface area contributed by atoms with Crippen molar-refractivity contribution in [2.75, 3.05) is 17.8 Å². The van der Waals surface area contributed by atoms with Gasteiger partial charge >= 0.3 is 6.09 Å². The van der Waals surface area contributed by atoms with Crippen LogP contribution in [0.25, 0.3) is 0 Å². The van der Waals surface area contributed by atoms with Crippen molar-refractivity contribution in [1.29, 1.82) is 0 Å². The Morgan fingerprint density at radius 2 is 1.72 bits per heavy atom. The molecule has 1 amide bonds. The fraction of sp³-hybridized carbons (Fsp3) is 0.435. The Hall–Kier alpha value is -2.81. The SMILES string of the molecule is Cc1ccc(S(=O)(=O)Nc2cccc(F)c2OC2CCN(C(=O)OC(C)(C)C)CC2)cc1. The van der Waals surface area contributed by atoms with E-state index in [1.165, 1.54) is 30.3 Å². The topological polar surface area (TPSA) is 84.9 Å². The fourth-order valence-electron chi connectivity index (χ4n) is 3.28. The number of nitrogens with zero attached hydrogens (tertiary/aromatic N) is 1. The lowest BCUT2D eigenvalue weighted by Crippen LogP contribution is -2.44. The highest BCUT2D eigenvalue weighted by Gasteiger charge is 2.29. The van der Waals surface area contributed by atoms with Crippen molar-refractivity contribution < 1.29 is 27.1 Å². The first-order chi connectivity index (χ1) is 14.9. The number of benzene rings is 2. The van der Waals surface area contributed by atoms with Gasteiger partial charge in [0.15, 0.2) is 11.6 Å². The van der Waals surface area contributed by atoms with E-state index in [1.54, 1.807) is 37.8 Å². The molecule has 2 aromatic carbocycles. The van der Waals surface area contributed by atoms with Crippen molar-refractivity contribution in [3.63, 3.8) is 0 Å². The van der Waals surface area contributed by atoms with Crippen LogP contribution in [0.3, 0.4) is 0 Å². The summed E-state index contributed by atoms with van der Waals surface area (Å²) in [5, 5.41) is 0. The van der Waals surface area contributed by atoms with Crippen molar-refractivity contribution in [2.45, 2.75) is 57.1 Å². The number of amides is 1. The zero-order valence-electron chi connectivity index (χ0n) is 18.7. The van der Waals surface area contributed by atoms with Crippen LogP contribution >= 0.6 is 0 Å². The second kappa shape index (κ2) is 9.36. The second-order valence-electron chi connectivity index (χ2n) is 8.82. The van der Waals surface area contributed by atoms with Crippen molar-refractivity contribution in [3.8, 4) is 5.75 Å². The maximum Gasteiger partial charge on any atom is 0.410 e. The number of anilines is 1. The molecule has 0 atom stereocenters. The molecule has 1 saturated heterocycles. The zero-order valence-corrected chi connectivity index (χ0v) is 19.5. The van der Waals surface area contributed by atoms with Gasteiger partial charge < -0.3 is 14.4 Å². The van der Waals surface area contributed by atoms with Crippen molar-refractivity contribution in [1.82, 2.24) is 4.90 Å². The number of carbonyl (C=O) groups is 1. The number of rotatable bonds is 5. The Morgan fingerprint density at radius 3 is 2.31 bits per heavy atom. The van der Waals surface area contributed by atoms with Gasteiger partial charge in [-0.3, -0.25) is 4.72 Å². The summed E-state index contributed by atoms with van der Waals surface area (Å²) < 4.78 is 53.8. The smallest absolute Gasteiger partial charge is 0.410 e. The summed E-state index contributed by atoms with van der Waals surface area (Å²) in [7, 11) is -3.91. The quantitative estimate of drug-likeness (QED) is 0.693. The summed E-state index contributed by atoms with van der Waals surface area (Å²) in [5.74, 6) is -0.817. The molecule has 2 aromatic rings. The third kappa shape index (κ3) is 6.12. The number of halogens is 1. The highest BCUT2D eigenvalue weighted by atomic mass is 32.2. The van der Waals surface area contributed by atoms with E-state index in [4.69, 9.17) is 9.47 Å². The van der Waals surface area contributed by atoms with Crippen molar-refractivity contribution >= 4 is 21.8 Å². The van der Waals surface area contributed by atoms with E-state index in [0.29, 0.717) is 25.9 Å². The average molecular weight is 465 g/mol. The van der Waals surface area contributed by atoms with Gasteiger partial charge in [0.25, 0.3) is 10.0 Å². The Bertz CT molecular complexity index is 1060. The van der Waals surface area contributed by atoms with Crippen LogP contribution in [0.2, 0.25) is 0 Å². The second-order valence-corrected chi connectivity index (χ2v) is 10.5. The van der Waals surface area contributed by atoms with Gasteiger partial charge in [-0.1, -0.05) is 23.8 Å². The minimum Gasteiger partial charge on any atom is -0.485 e. The van der Waals surface area contributed by atoms with E-state index >= 15 is 0 Å². The molecule has 9 heteroatoms. The number of carbonyl (C=O) groups excluding carboxylic acids is 1. The van der Waals surface area contributed by atoms with Gasteiger partial charge in [-0.2, -0.15) is 0 Å². The molecule has 0 aromatic heterocycles. The summed E-state index contributed by atoms with van der Waals surface area (Å²) in [6.07, 6.45) is 0.178. The number of hydrogen-bond acceptors (Lipinski definition) is 5. The Labute approximate surface area is 188 Å². The first-order valence-corrected chi connectivity index (χ1v) is 12.0. The van der Waals surface area contributed by atoms with Gasteiger partial charge in [-0.15, -0.1) is 0 Å². The van der Waals surface area contributed by atoms with Gasteiger partial charge in [0.2, 0.25) is 0 Å². The van der Waals surface area contributed by atoms with Crippen molar-refractivity contribution in [3.05, 3.63) is 53.8 Å². The Balaban J connectivity index is 1.70. The standard InChI is InChI=1S/C23H29FN2O5S/c1-16-8-10-18(11-9-16)32(28,29)25-20-7-5-6-19(24)21(20)30-17-12-14-26(15-13-17)22(27)31-23(2,3)4/h5-11,17,25H,12-15H2,1-4H3. The van der Waals surface area contributed by atoms with Crippen LogP contribution in [0.15, 0.2) is 47.4 Å². The number of ether oxygens (including phenoxy) is 2. The van der Waals surface area contributed by atoms with E-state index in [2.05, 4.69) is 4.72 Å². The van der Waals surface area contributed by atoms with Gasteiger partial charge in [0.1, 0.15) is 11.7 Å². The molecule has 32 heavy (non-hydrogen) atoms. The summed E-state index contributed by atoms with van der Waals surface area (Å²) >= 11 is 0. The average Bonchev–Trinajstić information content (AvgIpc) is 2.70. The molecule has 1 aliphatic rings. The van der Waals surface area contributed by atoms with E-state index < -0.39 is 27.5 Å². The zero-order chi connectivity index (χ0) is 23.5. The maximum absolute atomic E-state index is 14.6. The minimum atomic E-state index is -3.91. The first-order valence-electron chi connectivity index (χ1n) is 10.5. The van der Waals surface area contributed by atoms with Gasteiger partial charge in [-0.25, -0.2) is 17.6 Å². The predicted octanol–water partition coefficient (Wildman–Crippen LogP) is 4.71. The van der Waals surface area contributed by atoms with Gasteiger partial charge in [0.05, 0.1) is 10.6 Å². The lowest BCUT2D eigenvalue weighted by Gasteiger charge is -2.33. The minimum absolute atomic E-state index is 0.0279. The van der Waals surface area contributed by atoms with Gasteiger partial charge in [0, 0.05) is 25.9 Å². The first kappa shape index (κ1) is 23.8. The number of likely N-dealkylation sites (tertiary alicyclic amines) is 1. The summed E-state index contributed by atoms with van der Waals surface area (Å²) in [6, 6.07) is 10.5. The summed E-state index contributed by atoms with van der Waals surface area (Å²) in [4.78, 5) is 13.9. The number of piperidine rings is 1. The van der Waals surface area contributed by atoms with E-state index in [-0.39, 0.29) is 22.4 Å². The third-order valence-corrected chi connectivity index (χ3v) is 6.30. The number of hydrogen-bond donors (Lipinski definition) is 1. The van der Waals surface area contributed by atoms with Crippen LogP contribution in [0, 0.1) is 12.7 Å².